The molecule has 2 heterocycles. The molecule has 1 amide bonds. The molecule has 4 rings (SSSR count). The SMILES string of the molecule is Cc1ccc(-c2cc(C(F)(F)F)nn2-c2ccc(S(=O)(=O)NC(=O)OC3CCCN(/[N+]([O-])=N\OCOC(=O)C(C)C)C3)cc2)cc1. The third kappa shape index (κ3) is 8.64. The number of benzene rings is 2. The van der Waals surface area contributed by atoms with Gasteiger partial charge in [-0.05, 0) is 50.1 Å². The van der Waals surface area contributed by atoms with Crippen LogP contribution in [-0.2, 0) is 35.3 Å². The van der Waals surface area contributed by atoms with Crippen LogP contribution in [0.25, 0.3) is 16.9 Å². The lowest BCUT2D eigenvalue weighted by atomic mass is 10.1. The van der Waals surface area contributed by atoms with Crippen LogP contribution in [-0.4, -0.2) is 66.2 Å². The van der Waals surface area contributed by atoms with Crippen molar-refractivity contribution in [1.29, 1.82) is 0 Å². The fourth-order valence-electron chi connectivity index (χ4n) is 4.30. The van der Waals surface area contributed by atoms with Crippen molar-refractivity contribution in [2.24, 2.45) is 11.2 Å². The van der Waals surface area contributed by atoms with Gasteiger partial charge in [0.25, 0.3) is 16.8 Å². The molecule has 0 radical (unpaired) electrons. The van der Waals surface area contributed by atoms with Gasteiger partial charge in [-0.25, -0.2) is 22.6 Å². The van der Waals surface area contributed by atoms with E-state index in [0.717, 1.165) is 33.5 Å². The van der Waals surface area contributed by atoms with Crippen molar-refractivity contribution >= 4 is 22.1 Å². The van der Waals surface area contributed by atoms with Crippen LogP contribution in [0.4, 0.5) is 18.0 Å². The largest absolute Gasteiger partial charge is 0.569 e. The summed E-state index contributed by atoms with van der Waals surface area (Å²) in [7, 11) is -4.45. The minimum atomic E-state index is -4.72. The van der Waals surface area contributed by atoms with Crippen LogP contribution < -0.4 is 4.72 Å². The first kappa shape index (κ1) is 34.0. The van der Waals surface area contributed by atoms with Crippen LogP contribution in [0.2, 0.25) is 0 Å². The van der Waals surface area contributed by atoms with E-state index >= 15 is 0 Å². The van der Waals surface area contributed by atoms with Gasteiger partial charge in [0.1, 0.15) is 12.6 Å². The van der Waals surface area contributed by atoms with E-state index in [2.05, 4.69) is 15.2 Å². The number of sulfonamides is 1. The van der Waals surface area contributed by atoms with Gasteiger partial charge in [-0.15, -0.1) is 5.01 Å². The number of carbonyl (C=O) groups excluding carboxylic acids is 2. The van der Waals surface area contributed by atoms with Gasteiger partial charge in [-0.1, -0.05) is 43.7 Å². The number of ether oxygens (including phenoxy) is 2. The average molecular weight is 669 g/mol. The summed E-state index contributed by atoms with van der Waals surface area (Å²) in [5.74, 6) is -0.934. The molecule has 1 atom stereocenters. The van der Waals surface area contributed by atoms with E-state index in [0.29, 0.717) is 18.4 Å². The first-order valence-corrected chi connectivity index (χ1v) is 15.4. The number of nitrogens with one attached hydrogen (secondary N) is 1. The standard InChI is InChI=1S/C28H31F3N6O8S/c1-18(2)26(38)43-17-44-34-37(40)35-14-4-5-22(16-35)45-27(39)33-46(41,42)23-12-10-21(11-13-23)36-24(15-25(32-36)28(29,30)31)20-8-6-19(3)7-9-20/h6-13,15,18,22H,4-5,14,16-17H2,1-3H3,(H,33,39)/b37-34+. The summed E-state index contributed by atoms with van der Waals surface area (Å²) in [5, 5.41) is 20.3. The molecule has 1 unspecified atom stereocenters. The van der Waals surface area contributed by atoms with Gasteiger partial charge < -0.3 is 19.5 Å². The molecule has 248 valence electrons. The highest BCUT2D eigenvalue weighted by Gasteiger charge is 2.35. The van der Waals surface area contributed by atoms with E-state index in [1.54, 1.807) is 42.8 Å². The predicted molar refractivity (Wildman–Crippen MR) is 153 cm³/mol. The maximum Gasteiger partial charge on any atom is 0.435 e. The van der Waals surface area contributed by atoms with Crippen LogP contribution in [0.1, 0.15) is 37.9 Å². The molecule has 1 fully saturated rings. The number of halogens is 3. The minimum absolute atomic E-state index is 0.108. The second kappa shape index (κ2) is 14.1. The second-order valence-corrected chi connectivity index (χ2v) is 12.3. The number of nitrogens with zero attached hydrogens (tertiary/aromatic N) is 5. The van der Waals surface area contributed by atoms with Crippen molar-refractivity contribution in [3.63, 3.8) is 0 Å². The maximum absolute atomic E-state index is 13.5. The lowest BCUT2D eigenvalue weighted by molar-refractivity contribution is -0.714. The summed E-state index contributed by atoms with van der Waals surface area (Å²) >= 11 is 0. The molecule has 18 heteroatoms. The van der Waals surface area contributed by atoms with Crippen LogP contribution in [0, 0.1) is 18.0 Å². The summed E-state index contributed by atoms with van der Waals surface area (Å²) in [6.07, 6.45) is -6.17. The lowest BCUT2D eigenvalue weighted by Crippen LogP contribution is -2.45. The number of aromatic nitrogens is 2. The molecule has 1 N–H and O–H groups in total. The van der Waals surface area contributed by atoms with E-state index in [9.17, 15) is 36.4 Å². The minimum Gasteiger partial charge on any atom is -0.569 e. The molecule has 0 spiro atoms. The summed E-state index contributed by atoms with van der Waals surface area (Å²) < 4.78 is 79.1. The Morgan fingerprint density at radius 2 is 1.83 bits per heavy atom. The number of hydrazine groups is 1. The average Bonchev–Trinajstić information content (AvgIpc) is 3.46. The Bertz CT molecular complexity index is 1680. The van der Waals surface area contributed by atoms with Gasteiger partial charge >= 0.3 is 18.2 Å². The number of piperidine rings is 1. The Morgan fingerprint density at radius 1 is 1.15 bits per heavy atom. The number of rotatable bonds is 10. The topological polar surface area (TPSA) is 167 Å². The van der Waals surface area contributed by atoms with Crippen molar-refractivity contribution in [3.05, 3.63) is 71.1 Å². The van der Waals surface area contributed by atoms with E-state index in [-0.39, 0.29) is 34.3 Å². The number of carbonyl (C=O) groups is 2. The van der Waals surface area contributed by atoms with Crippen molar-refractivity contribution in [3.8, 4) is 16.9 Å². The Morgan fingerprint density at radius 3 is 2.46 bits per heavy atom. The first-order valence-electron chi connectivity index (χ1n) is 13.9. The van der Waals surface area contributed by atoms with Crippen LogP contribution in [0.15, 0.2) is 64.8 Å². The first-order chi connectivity index (χ1) is 21.6. The smallest absolute Gasteiger partial charge is 0.435 e. The molecule has 1 aromatic heterocycles. The number of amides is 1. The van der Waals surface area contributed by atoms with Gasteiger partial charge in [0, 0.05) is 5.56 Å². The van der Waals surface area contributed by atoms with E-state index in [1.807, 2.05) is 6.92 Å². The van der Waals surface area contributed by atoms with E-state index in [1.165, 1.54) is 12.1 Å². The highest BCUT2D eigenvalue weighted by Crippen LogP contribution is 2.33. The Balaban J connectivity index is 1.40. The summed E-state index contributed by atoms with van der Waals surface area (Å²) in [4.78, 5) is 28.3. The molecular weight excluding hydrogens is 637 g/mol. The van der Waals surface area contributed by atoms with Crippen molar-refractivity contribution < 1.29 is 50.5 Å². The Hall–Kier alpha value is -4.87. The zero-order valence-electron chi connectivity index (χ0n) is 24.9. The molecule has 0 saturated carbocycles. The van der Waals surface area contributed by atoms with Gasteiger partial charge in [-0.3, -0.25) is 4.79 Å². The number of esters is 1. The maximum atomic E-state index is 13.5. The van der Waals surface area contributed by atoms with E-state index < -0.39 is 52.8 Å². The molecular formula is C28H31F3N6O8S. The van der Waals surface area contributed by atoms with Crippen LogP contribution in [0.5, 0.6) is 0 Å². The highest BCUT2D eigenvalue weighted by molar-refractivity contribution is 7.90. The number of hydrogen-bond donors (Lipinski definition) is 1. The fraction of sp³-hybridized carbons (Fsp3) is 0.393. The van der Waals surface area contributed by atoms with Crippen molar-refractivity contribution in [1.82, 2.24) is 19.5 Å². The molecule has 46 heavy (non-hydrogen) atoms. The van der Waals surface area contributed by atoms with Crippen molar-refractivity contribution in [2.75, 3.05) is 19.9 Å². The van der Waals surface area contributed by atoms with Gasteiger partial charge in [0.2, 0.25) is 5.28 Å². The predicted octanol–water partition coefficient (Wildman–Crippen LogP) is 4.71. The molecule has 3 aromatic rings. The van der Waals surface area contributed by atoms with Crippen LogP contribution in [0.3, 0.4) is 0 Å². The zero-order valence-corrected chi connectivity index (χ0v) is 25.7. The molecule has 1 saturated heterocycles. The third-order valence-corrected chi connectivity index (χ3v) is 8.01. The normalized spacial score (nSPS) is 15.8. The van der Waals surface area contributed by atoms with E-state index in [4.69, 9.17) is 9.47 Å². The third-order valence-electron chi connectivity index (χ3n) is 6.68. The lowest BCUT2D eigenvalue weighted by Gasteiger charge is -2.28. The number of alkyl halides is 3. The molecule has 1 aliphatic rings. The summed E-state index contributed by atoms with van der Waals surface area (Å²) in [5.41, 5.74) is 0.521. The zero-order chi connectivity index (χ0) is 33.6. The fourth-order valence-corrected chi connectivity index (χ4v) is 5.18. The molecule has 14 nitrogen and oxygen atoms in total. The number of hydrogen-bond acceptors (Lipinski definition) is 10. The Labute approximate surface area is 261 Å². The molecule has 0 bridgehead atoms. The second-order valence-electron chi connectivity index (χ2n) is 10.6. The summed E-state index contributed by atoms with van der Waals surface area (Å²) in [6.45, 7) is 4.61. The molecule has 1 aliphatic heterocycles. The highest BCUT2D eigenvalue weighted by atomic mass is 32.2. The Kier molecular flexibility index (Phi) is 10.4. The number of aryl methyl sites for hydroxylation is 1. The summed E-state index contributed by atoms with van der Waals surface area (Å²) in [6, 6.07) is 12.4. The van der Waals surface area contributed by atoms with Gasteiger partial charge in [0.05, 0.1) is 33.7 Å². The monoisotopic (exact) mass is 668 g/mol. The molecule has 2 aromatic carbocycles. The van der Waals surface area contributed by atoms with Gasteiger partial charge in [0.15, 0.2) is 5.69 Å². The van der Waals surface area contributed by atoms with Gasteiger partial charge in [-0.2, -0.15) is 18.3 Å². The van der Waals surface area contributed by atoms with Crippen molar-refractivity contribution in [2.45, 2.75) is 50.8 Å². The molecule has 0 aliphatic carbocycles. The quantitative estimate of drug-likeness (QED) is 0.0798. The van der Waals surface area contributed by atoms with Crippen LogP contribution >= 0.6 is 0 Å².